The largest absolute Gasteiger partial charge is 0.497 e. The van der Waals surface area contributed by atoms with Crippen molar-refractivity contribution >= 4 is 33.0 Å². The highest BCUT2D eigenvalue weighted by Crippen LogP contribution is 2.29. The van der Waals surface area contributed by atoms with E-state index < -0.39 is 22.0 Å². The van der Waals surface area contributed by atoms with Gasteiger partial charge in [-0.3, -0.25) is 4.79 Å². The number of hydrogen-bond donors (Lipinski definition) is 2. The molecule has 1 amide bonds. The summed E-state index contributed by atoms with van der Waals surface area (Å²) in [5.74, 6) is 0.458. The first-order chi connectivity index (χ1) is 14.4. The topological polar surface area (TPSA) is 93.7 Å². The van der Waals surface area contributed by atoms with Crippen molar-refractivity contribution in [1.29, 1.82) is 0 Å². The molecule has 0 spiro atoms. The number of thiophene rings is 1. The summed E-state index contributed by atoms with van der Waals surface area (Å²) in [6, 6.07) is 16.3. The number of rotatable bonds is 9. The molecule has 0 unspecified atom stereocenters. The fourth-order valence-corrected chi connectivity index (χ4v) is 5.04. The maximum Gasteiger partial charge on any atom is 0.250 e. The molecule has 9 heteroatoms. The number of carbonyl (C=O) groups excluding carboxylic acids is 1. The van der Waals surface area contributed by atoms with Crippen molar-refractivity contribution in [2.75, 3.05) is 19.5 Å². The maximum absolute atomic E-state index is 13.1. The lowest BCUT2D eigenvalue weighted by molar-refractivity contribution is -0.117. The molecule has 0 fully saturated rings. The number of benzene rings is 2. The van der Waals surface area contributed by atoms with E-state index in [9.17, 15) is 13.2 Å². The van der Waals surface area contributed by atoms with Gasteiger partial charge < -0.3 is 14.8 Å². The molecule has 30 heavy (non-hydrogen) atoms. The molecule has 0 radical (unpaired) electrons. The Morgan fingerprint density at radius 3 is 2.43 bits per heavy atom. The lowest BCUT2D eigenvalue weighted by atomic mass is 10.1. The van der Waals surface area contributed by atoms with E-state index in [0.29, 0.717) is 17.2 Å². The van der Waals surface area contributed by atoms with E-state index >= 15 is 0 Å². The van der Waals surface area contributed by atoms with Crippen molar-refractivity contribution in [3.8, 4) is 11.5 Å². The Labute approximate surface area is 179 Å². The Balaban J connectivity index is 1.88. The summed E-state index contributed by atoms with van der Waals surface area (Å²) in [4.78, 5) is 13.1. The van der Waals surface area contributed by atoms with Crippen LogP contribution in [0.2, 0.25) is 0 Å². The first-order valence-corrected chi connectivity index (χ1v) is 11.4. The minimum Gasteiger partial charge on any atom is -0.497 e. The Morgan fingerprint density at radius 2 is 1.80 bits per heavy atom. The van der Waals surface area contributed by atoms with Crippen LogP contribution in [-0.2, 0) is 21.2 Å². The van der Waals surface area contributed by atoms with Crippen LogP contribution in [0.15, 0.2) is 70.3 Å². The molecule has 3 aromatic rings. The van der Waals surface area contributed by atoms with E-state index in [0.717, 1.165) is 16.9 Å². The minimum absolute atomic E-state index is 0.146. The summed E-state index contributed by atoms with van der Waals surface area (Å²) in [5, 5.41) is 4.43. The zero-order chi connectivity index (χ0) is 21.6. The van der Waals surface area contributed by atoms with Gasteiger partial charge in [0.15, 0.2) is 0 Å². The van der Waals surface area contributed by atoms with Gasteiger partial charge >= 0.3 is 0 Å². The number of amides is 1. The molecule has 0 aliphatic rings. The molecular formula is C21H22N2O5S2. The predicted octanol–water partition coefficient (Wildman–Crippen LogP) is 3.29. The molecule has 1 aromatic heterocycles. The van der Waals surface area contributed by atoms with Crippen LogP contribution in [0.3, 0.4) is 0 Å². The van der Waals surface area contributed by atoms with E-state index in [1.165, 1.54) is 20.3 Å². The Morgan fingerprint density at radius 1 is 1.03 bits per heavy atom. The summed E-state index contributed by atoms with van der Waals surface area (Å²) in [7, 11) is -0.851. The second-order valence-corrected chi connectivity index (χ2v) is 9.24. The normalized spacial score (nSPS) is 12.2. The summed E-state index contributed by atoms with van der Waals surface area (Å²) in [5.41, 5.74) is 1.21. The van der Waals surface area contributed by atoms with Gasteiger partial charge in [-0.2, -0.15) is 4.72 Å². The zero-order valence-corrected chi connectivity index (χ0v) is 18.1. The maximum atomic E-state index is 13.1. The molecule has 7 nitrogen and oxygen atoms in total. The van der Waals surface area contributed by atoms with Crippen LogP contribution in [0, 0.1) is 0 Å². The number of ether oxygens (including phenoxy) is 2. The zero-order valence-electron chi connectivity index (χ0n) is 16.5. The van der Waals surface area contributed by atoms with Crippen LogP contribution in [0.1, 0.15) is 5.56 Å². The average Bonchev–Trinajstić information content (AvgIpc) is 3.30. The Bertz CT molecular complexity index is 1080. The lowest BCUT2D eigenvalue weighted by Crippen LogP contribution is -2.45. The minimum atomic E-state index is -3.85. The quantitative estimate of drug-likeness (QED) is 0.526. The molecule has 0 bridgehead atoms. The highest BCUT2D eigenvalue weighted by molar-refractivity contribution is 7.91. The molecule has 3 rings (SSSR count). The van der Waals surface area contributed by atoms with Gasteiger partial charge in [0.2, 0.25) is 5.91 Å². The molecule has 0 saturated heterocycles. The summed E-state index contributed by atoms with van der Waals surface area (Å²) in [6.45, 7) is 0. The van der Waals surface area contributed by atoms with Crippen LogP contribution < -0.4 is 19.5 Å². The first kappa shape index (κ1) is 21.8. The first-order valence-electron chi connectivity index (χ1n) is 9.05. The van der Waals surface area contributed by atoms with Gasteiger partial charge in [-0.1, -0.05) is 36.4 Å². The van der Waals surface area contributed by atoms with Crippen LogP contribution >= 0.6 is 11.3 Å². The standard InChI is InChI=1S/C21H22N2O5S2/c1-27-16-10-11-19(28-2)17(14-16)22-21(24)18(13-15-7-4-3-5-8-15)23-30(25,26)20-9-6-12-29-20/h3-12,14,18,23H,13H2,1-2H3,(H,22,24)/t18-/m0/s1. The van der Waals surface area contributed by atoms with Crippen LogP contribution in [0.4, 0.5) is 5.69 Å². The lowest BCUT2D eigenvalue weighted by Gasteiger charge is -2.19. The van der Waals surface area contributed by atoms with E-state index in [2.05, 4.69) is 10.0 Å². The molecule has 0 aliphatic heterocycles. The van der Waals surface area contributed by atoms with Gasteiger partial charge in [-0.15, -0.1) is 11.3 Å². The van der Waals surface area contributed by atoms with Crippen LogP contribution in [-0.4, -0.2) is 34.6 Å². The van der Waals surface area contributed by atoms with Crippen molar-refractivity contribution in [3.05, 3.63) is 71.6 Å². The highest BCUT2D eigenvalue weighted by Gasteiger charge is 2.27. The van der Waals surface area contributed by atoms with Gasteiger partial charge in [0, 0.05) is 6.07 Å². The third kappa shape index (κ3) is 5.38. The van der Waals surface area contributed by atoms with E-state index in [1.54, 1.807) is 29.6 Å². The number of carbonyl (C=O) groups is 1. The van der Waals surface area contributed by atoms with E-state index in [1.807, 2.05) is 30.3 Å². The van der Waals surface area contributed by atoms with Crippen molar-refractivity contribution in [1.82, 2.24) is 4.72 Å². The number of sulfonamides is 1. The second-order valence-electron chi connectivity index (χ2n) is 6.35. The Kier molecular flexibility index (Phi) is 7.09. The summed E-state index contributed by atoms with van der Waals surface area (Å²) >= 11 is 1.09. The second kappa shape index (κ2) is 9.75. The fraction of sp³-hybridized carbons (Fsp3) is 0.190. The van der Waals surface area contributed by atoms with E-state index in [-0.39, 0.29) is 10.6 Å². The van der Waals surface area contributed by atoms with Gasteiger partial charge in [0.05, 0.1) is 19.9 Å². The third-order valence-corrected chi connectivity index (χ3v) is 7.19. The molecule has 158 valence electrons. The average molecular weight is 447 g/mol. The van der Waals surface area contributed by atoms with Crippen LogP contribution in [0.5, 0.6) is 11.5 Å². The number of methoxy groups -OCH3 is 2. The molecule has 1 atom stereocenters. The summed E-state index contributed by atoms with van der Waals surface area (Å²) in [6.07, 6.45) is 0.184. The monoisotopic (exact) mass is 446 g/mol. The van der Waals surface area contributed by atoms with Crippen molar-refractivity contribution < 1.29 is 22.7 Å². The van der Waals surface area contributed by atoms with E-state index in [4.69, 9.17) is 9.47 Å². The van der Waals surface area contributed by atoms with Crippen molar-refractivity contribution in [2.24, 2.45) is 0 Å². The van der Waals surface area contributed by atoms with Crippen LogP contribution in [0.25, 0.3) is 0 Å². The number of hydrogen-bond acceptors (Lipinski definition) is 6. The molecule has 2 N–H and O–H groups in total. The third-order valence-electron chi connectivity index (χ3n) is 4.32. The van der Waals surface area contributed by atoms with Gasteiger partial charge in [0.25, 0.3) is 10.0 Å². The number of anilines is 1. The van der Waals surface area contributed by atoms with Gasteiger partial charge in [0.1, 0.15) is 21.8 Å². The molecule has 1 heterocycles. The molecule has 2 aromatic carbocycles. The SMILES string of the molecule is COc1ccc(OC)c(NC(=O)[C@H](Cc2ccccc2)NS(=O)(=O)c2cccs2)c1. The number of nitrogens with one attached hydrogen (secondary N) is 2. The van der Waals surface area contributed by atoms with Gasteiger partial charge in [-0.25, -0.2) is 8.42 Å². The molecule has 0 saturated carbocycles. The molecular weight excluding hydrogens is 424 g/mol. The van der Waals surface area contributed by atoms with Crippen molar-refractivity contribution in [2.45, 2.75) is 16.7 Å². The van der Waals surface area contributed by atoms with Gasteiger partial charge in [-0.05, 0) is 35.6 Å². The smallest absolute Gasteiger partial charge is 0.250 e. The summed E-state index contributed by atoms with van der Waals surface area (Å²) < 4.78 is 38.7. The van der Waals surface area contributed by atoms with Crippen molar-refractivity contribution in [3.63, 3.8) is 0 Å². The molecule has 0 aliphatic carbocycles. The predicted molar refractivity (Wildman–Crippen MR) is 117 cm³/mol. The fourth-order valence-electron chi connectivity index (χ4n) is 2.83. The highest BCUT2D eigenvalue weighted by atomic mass is 32.2. The Hall–Kier alpha value is -2.88.